The number of carbonyl (C=O) groups excluding carboxylic acids is 1. The molecule has 0 unspecified atom stereocenters. The molecule has 0 aliphatic heterocycles. The van der Waals surface area contributed by atoms with Crippen LogP contribution in [0.25, 0.3) is 0 Å². The average molecular weight is 237 g/mol. The van der Waals surface area contributed by atoms with Gasteiger partial charge in [-0.15, -0.1) is 0 Å². The summed E-state index contributed by atoms with van der Waals surface area (Å²) in [6.07, 6.45) is 3.86. The highest BCUT2D eigenvalue weighted by molar-refractivity contribution is 5.94. The van der Waals surface area contributed by atoms with Gasteiger partial charge in [-0.05, 0) is 13.3 Å². The number of aryl methyl sites for hydroxylation is 1. The maximum Gasteiger partial charge on any atom is 0.326 e. The van der Waals surface area contributed by atoms with Crippen LogP contribution in [0.5, 0.6) is 0 Å². The minimum absolute atomic E-state index is 0.123. The third kappa shape index (κ3) is 3.82. The first kappa shape index (κ1) is 13.1. The monoisotopic (exact) mass is 237 g/mol. The quantitative estimate of drug-likeness (QED) is 0.789. The Bertz CT molecular complexity index is 403. The van der Waals surface area contributed by atoms with E-state index in [1.54, 1.807) is 6.92 Å². The van der Waals surface area contributed by atoms with Crippen molar-refractivity contribution in [2.24, 2.45) is 0 Å². The van der Waals surface area contributed by atoms with Gasteiger partial charge in [0.2, 0.25) is 0 Å². The summed E-state index contributed by atoms with van der Waals surface area (Å²) in [6, 6.07) is -0.879. The molecular weight excluding hydrogens is 222 g/mol. The predicted molar refractivity (Wildman–Crippen MR) is 60.6 cm³/mol. The molecular formula is C11H15N3O3. The molecule has 0 spiro atoms. The molecule has 6 heteroatoms. The number of nitrogens with one attached hydrogen (secondary N) is 1. The summed E-state index contributed by atoms with van der Waals surface area (Å²) >= 11 is 0. The van der Waals surface area contributed by atoms with Crippen LogP contribution in [0, 0.1) is 6.92 Å². The Morgan fingerprint density at radius 1 is 1.41 bits per heavy atom. The molecule has 1 atom stereocenters. The van der Waals surface area contributed by atoms with Gasteiger partial charge in [-0.25, -0.2) is 9.78 Å². The van der Waals surface area contributed by atoms with Crippen LogP contribution in [0.15, 0.2) is 12.4 Å². The number of carboxylic acids is 1. The second-order valence-electron chi connectivity index (χ2n) is 3.70. The molecule has 0 saturated heterocycles. The number of amides is 1. The fraction of sp³-hybridized carbons (Fsp3) is 0.455. The summed E-state index contributed by atoms with van der Waals surface area (Å²) in [5, 5.41) is 11.3. The zero-order valence-electron chi connectivity index (χ0n) is 9.80. The second kappa shape index (κ2) is 5.93. The maximum atomic E-state index is 11.7. The van der Waals surface area contributed by atoms with E-state index in [9.17, 15) is 9.59 Å². The van der Waals surface area contributed by atoms with Crippen molar-refractivity contribution in [1.29, 1.82) is 0 Å². The van der Waals surface area contributed by atoms with Crippen molar-refractivity contribution in [2.45, 2.75) is 32.7 Å². The first-order valence-electron chi connectivity index (χ1n) is 5.37. The van der Waals surface area contributed by atoms with Crippen LogP contribution in [-0.2, 0) is 4.79 Å². The van der Waals surface area contributed by atoms with Crippen molar-refractivity contribution in [3.63, 3.8) is 0 Å². The summed E-state index contributed by atoms with van der Waals surface area (Å²) in [4.78, 5) is 30.3. The van der Waals surface area contributed by atoms with Crippen molar-refractivity contribution in [1.82, 2.24) is 15.3 Å². The molecule has 6 nitrogen and oxygen atoms in total. The van der Waals surface area contributed by atoms with Crippen LogP contribution in [0.3, 0.4) is 0 Å². The van der Waals surface area contributed by atoms with E-state index in [-0.39, 0.29) is 5.69 Å². The van der Waals surface area contributed by atoms with E-state index in [0.29, 0.717) is 18.5 Å². The van der Waals surface area contributed by atoms with Gasteiger partial charge in [0, 0.05) is 6.20 Å². The van der Waals surface area contributed by atoms with E-state index >= 15 is 0 Å². The highest BCUT2D eigenvalue weighted by Crippen LogP contribution is 2.00. The van der Waals surface area contributed by atoms with E-state index in [1.165, 1.54) is 12.4 Å². The lowest BCUT2D eigenvalue weighted by Gasteiger charge is -2.12. The first-order chi connectivity index (χ1) is 8.04. The fourth-order valence-electron chi connectivity index (χ4n) is 1.29. The number of aliphatic carboxylic acids is 1. The lowest BCUT2D eigenvalue weighted by Crippen LogP contribution is -2.41. The van der Waals surface area contributed by atoms with E-state index < -0.39 is 17.9 Å². The molecule has 1 aromatic heterocycles. The number of nitrogens with zero attached hydrogens (tertiary/aromatic N) is 2. The summed E-state index contributed by atoms with van der Waals surface area (Å²) in [5.74, 6) is -1.56. The minimum atomic E-state index is -1.04. The van der Waals surface area contributed by atoms with Crippen LogP contribution in [0.4, 0.5) is 0 Å². The lowest BCUT2D eigenvalue weighted by atomic mass is 10.1. The van der Waals surface area contributed by atoms with Gasteiger partial charge in [-0.1, -0.05) is 13.3 Å². The van der Waals surface area contributed by atoms with Crippen LogP contribution < -0.4 is 5.32 Å². The zero-order chi connectivity index (χ0) is 12.8. The number of hydrogen-bond acceptors (Lipinski definition) is 4. The Kier molecular flexibility index (Phi) is 4.56. The molecule has 17 heavy (non-hydrogen) atoms. The molecule has 92 valence electrons. The summed E-state index contributed by atoms with van der Waals surface area (Å²) in [6.45, 7) is 3.61. The van der Waals surface area contributed by atoms with E-state index in [2.05, 4.69) is 15.3 Å². The van der Waals surface area contributed by atoms with Crippen molar-refractivity contribution >= 4 is 11.9 Å². The number of hydrogen-bond donors (Lipinski definition) is 2. The Balaban J connectivity index is 2.70. The third-order valence-corrected chi connectivity index (χ3v) is 2.19. The predicted octanol–water partition coefficient (Wildman–Crippen LogP) is 0.768. The van der Waals surface area contributed by atoms with Crippen molar-refractivity contribution in [3.05, 3.63) is 23.8 Å². The molecule has 1 amide bonds. The number of carbonyl (C=O) groups is 2. The highest BCUT2D eigenvalue weighted by Gasteiger charge is 2.20. The Hall–Kier alpha value is -1.98. The largest absolute Gasteiger partial charge is 0.480 e. The van der Waals surface area contributed by atoms with Crippen molar-refractivity contribution in [2.75, 3.05) is 0 Å². The molecule has 1 aromatic rings. The SMILES string of the molecule is CCC[C@H](NC(=O)c1cnc(C)cn1)C(=O)O. The van der Waals surface area contributed by atoms with Gasteiger partial charge in [0.25, 0.3) is 5.91 Å². The van der Waals surface area contributed by atoms with Crippen molar-refractivity contribution in [3.8, 4) is 0 Å². The van der Waals surface area contributed by atoms with Gasteiger partial charge in [0.1, 0.15) is 11.7 Å². The normalized spacial score (nSPS) is 11.9. The van der Waals surface area contributed by atoms with Gasteiger partial charge in [-0.2, -0.15) is 0 Å². The third-order valence-electron chi connectivity index (χ3n) is 2.19. The van der Waals surface area contributed by atoms with Gasteiger partial charge in [0.15, 0.2) is 0 Å². The summed E-state index contributed by atoms with van der Waals surface area (Å²) in [5.41, 5.74) is 0.822. The van der Waals surface area contributed by atoms with E-state index in [0.717, 1.165) is 0 Å². The molecule has 2 N–H and O–H groups in total. The number of carboxylic acid groups (broad SMARTS) is 1. The minimum Gasteiger partial charge on any atom is -0.480 e. The van der Waals surface area contributed by atoms with E-state index in [1.807, 2.05) is 6.92 Å². The summed E-state index contributed by atoms with van der Waals surface area (Å²) < 4.78 is 0. The molecule has 1 heterocycles. The molecule has 1 rings (SSSR count). The number of rotatable bonds is 5. The molecule has 0 aliphatic carbocycles. The van der Waals surface area contributed by atoms with Gasteiger partial charge in [0.05, 0.1) is 11.9 Å². The molecule has 0 fully saturated rings. The van der Waals surface area contributed by atoms with Crippen LogP contribution in [0.2, 0.25) is 0 Å². The lowest BCUT2D eigenvalue weighted by molar-refractivity contribution is -0.139. The molecule has 0 radical (unpaired) electrons. The van der Waals surface area contributed by atoms with Crippen LogP contribution >= 0.6 is 0 Å². The van der Waals surface area contributed by atoms with Gasteiger partial charge in [-0.3, -0.25) is 9.78 Å². The van der Waals surface area contributed by atoms with Gasteiger partial charge >= 0.3 is 5.97 Å². The Morgan fingerprint density at radius 2 is 2.12 bits per heavy atom. The highest BCUT2D eigenvalue weighted by atomic mass is 16.4. The summed E-state index contributed by atoms with van der Waals surface area (Å²) in [7, 11) is 0. The topological polar surface area (TPSA) is 92.2 Å². The molecule has 0 aliphatic rings. The molecule has 0 bridgehead atoms. The Labute approximate surface area is 99.1 Å². The molecule has 0 aromatic carbocycles. The average Bonchev–Trinajstić information content (AvgIpc) is 2.29. The first-order valence-corrected chi connectivity index (χ1v) is 5.37. The van der Waals surface area contributed by atoms with Gasteiger partial charge < -0.3 is 10.4 Å². The van der Waals surface area contributed by atoms with Crippen LogP contribution in [-0.4, -0.2) is 33.0 Å². The van der Waals surface area contributed by atoms with Crippen LogP contribution in [0.1, 0.15) is 35.9 Å². The zero-order valence-corrected chi connectivity index (χ0v) is 9.80. The standard InChI is InChI=1S/C11H15N3O3/c1-3-4-8(11(16)17)14-10(15)9-6-12-7(2)5-13-9/h5-6,8H,3-4H2,1-2H3,(H,14,15)(H,16,17)/t8-/m0/s1. The van der Waals surface area contributed by atoms with E-state index in [4.69, 9.17) is 5.11 Å². The fourth-order valence-corrected chi connectivity index (χ4v) is 1.29. The maximum absolute atomic E-state index is 11.7. The second-order valence-corrected chi connectivity index (χ2v) is 3.70. The number of aromatic nitrogens is 2. The van der Waals surface area contributed by atoms with Crippen molar-refractivity contribution < 1.29 is 14.7 Å². The molecule has 0 saturated carbocycles. The Morgan fingerprint density at radius 3 is 2.59 bits per heavy atom. The smallest absolute Gasteiger partial charge is 0.326 e.